The van der Waals surface area contributed by atoms with Crippen LogP contribution in [0.15, 0.2) is 36.4 Å². The molecule has 2 aliphatic rings. The van der Waals surface area contributed by atoms with Crippen molar-refractivity contribution in [3.05, 3.63) is 47.0 Å². The second-order valence-electron chi connectivity index (χ2n) is 9.18. The monoisotopic (exact) mass is 465 g/mol. The molecule has 3 heterocycles. The molecule has 2 fully saturated rings. The number of thiophene rings is 1. The van der Waals surface area contributed by atoms with Gasteiger partial charge in [-0.3, -0.25) is 4.79 Å². The number of nitrogens with one attached hydrogen (secondary N) is 2. The lowest BCUT2D eigenvalue weighted by Gasteiger charge is -2.34. The predicted molar refractivity (Wildman–Crippen MR) is 131 cm³/mol. The molecule has 0 unspecified atom stereocenters. The fourth-order valence-electron chi connectivity index (χ4n) is 4.90. The van der Waals surface area contributed by atoms with E-state index in [-0.39, 0.29) is 18.0 Å². The number of benzene rings is 1. The van der Waals surface area contributed by atoms with Gasteiger partial charge >= 0.3 is 6.03 Å². The molecule has 33 heavy (non-hydrogen) atoms. The first kappa shape index (κ1) is 21.9. The van der Waals surface area contributed by atoms with Crippen molar-refractivity contribution in [2.75, 3.05) is 13.1 Å². The molecule has 0 atom stereocenters. The maximum Gasteiger partial charge on any atom is 0.317 e. The largest absolute Gasteiger partial charge is 0.348 e. The van der Waals surface area contributed by atoms with E-state index < -0.39 is 0 Å². The number of amides is 3. The number of likely N-dealkylation sites (tertiary alicyclic amines) is 1. The average Bonchev–Trinajstić information content (AvgIpc) is 3.41. The summed E-state index contributed by atoms with van der Waals surface area (Å²) in [5.74, 6) is -0.0414. The Balaban J connectivity index is 1.19. The van der Waals surface area contributed by atoms with Crippen LogP contribution in [0.5, 0.6) is 0 Å². The molecule has 3 amide bonds. The number of carbonyl (C=O) groups excluding carboxylic acids is 2. The summed E-state index contributed by atoms with van der Waals surface area (Å²) in [6, 6.07) is 12.4. The summed E-state index contributed by atoms with van der Waals surface area (Å²) >= 11 is 1.47. The van der Waals surface area contributed by atoms with E-state index in [4.69, 9.17) is 0 Å². The minimum Gasteiger partial charge on any atom is -0.348 e. The molecule has 0 bridgehead atoms. The van der Waals surface area contributed by atoms with Crippen LogP contribution in [-0.4, -0.2) is 51.8 Å². The fraction of sp³-hybridized carbons (Fsp3) is 0.480. The van der Waals surface area contributed by atoms with Gasteiger partial charge in [-0.25, -0.2) is 9.48 Å². The number of aryl methyl sites for hydroxylation is 1. The molecular formula is C25H31N5O2S. The van der Waals surface area contributed by atoms with Crippen LogP contribution in [0.4, 0.5) is 4.79 Å². The lowest BCUT2D eigenvalue weighted by Crippen LogP contribution is -2.51. The number of para-hydroxylation sites is 1. The fourth-order valence-corrected chi connectivity index (χ4v) is 5.99. The molecule has 2 aromatic heterocycles. The number of hydrogen-bond acceptors (Lipinski definition) is 4. The van der Waals surface area contributed by atoms with Crippen molar-refractivity contribution >= 4 is 33.5 Å². The second-order valence-corrected chi connectivity index (χ2v) is 10.2. The van der Waals surface area contributed by atoms with E-state index in [1.54, 1.807) is 0 Å². The summed E-state index contributed by atoms with van der Waals surface area (Å²) < 4.78 is 1.91. The van der Waals surface area contributed by atoms with Crippen molar-refractivity contribution in [2.45, 2.75) is 64.0 Å². The zero-order valence-electron chi connectivity index (χ0n) is 19.0. The van der Waals surface area contributed by atoms with Gasteiger partial charge in [0.25, 0.3) is 5.91 Å². The van der Waals surface area contributed by atoms with Gasteiger partial charge in [0.1, 0.15) is 4.83 Å². The van der Waals surface area contributed by atoms with Crippen LogP contribution in [0, 0.1) is 6.92 Å². The highest BCUT2D eigenvalue weighted by Crippen LogP contribution is 2.30. The Bertz CT molecular complexity index is 1120. The number of piperidine rings is 1. The van der Waals surface area contributed by atoms with E-state index in [9.17, 15) is 9.59 Å². The SMILES string of the molecule is Cc1nn(-c2ccccc2)c2sc(C(=O)NC3CCN(C(=O)NC4CCCCC4)CC3)cc12. The maximum atomic E-state index is 13.0. The first-order valence-corrected chi connectivity index (χ1v) is 12.8. The normalized spacial score (nSPS) is 17.9. The molecule has 1 aromatic carbocycles. The maximum absolute atomic E-state index is 13.0. The van der Waals surface area contributed by atoms with Crippen LogP contribution in [-0.2, 0) is 0 Å². The topological polar surface area (TPSA) is 79.3 Å². The summed E-state index contributed by atoms with van der Waals surface area (Å²) in [4.78, 5) is 29.2. The molecule has 1 aliphatic heterocycles. The minimum atomic E-state index is -0.0414. The van der Waals surface area contributed by atoms with Crippen LogP contribution < -0.4 is 10.6 Å². The molecule has 0 radical (unpaired) electrons. The van der Waals surface area contributed by atoms with Crippen LogP contribution in [0.25, 0.3) is 15.9 Å². The Hall–Kier alpha value is -2.87. The number of fused-ring (bicyclic) bond motifs is 1. The van der Waals surface area contributed by atoms with Crippen LogP contribution in [0.2, 0.25) is 0 Å². The minimum absolute atomic E-state index is 0.0414. The van der Waals surface area contributed by atoms with E-state index in [1.807, 2.05) is 52.9 Å². The highest BCUT2D eigenvalue weighted by molar-refractivity contribution is 7.20. The molecule has 1 saturated carbocycles. The summed E-state index contributed by atoms with van der Waals surface area (Å²) in [6.07, 6.45) is 7.45. The quantitative estimate of drug-likeness (QED) is 0.590. The summed E-state index contributed by atoms with van der Waals surface area (Å²) in [5, 5.41) is 12.1. The molecule has 1 saturated heterocycles. The molecule has 5 rings (SSSR count). The summed E-state index contributed by atoms with van der Waals surface area (Å²) in [6.45, 7) is 3.33. The van der Waals surface area contributed by atoms with Crippen molar-refractivity contribution in [3.63, 3.8) is 0 Å². The summed E-state index contributed by atoms with van der Waals surface area (Å²) in [5.41, 5.74) is 1.91. The standard InChI is InChI=1S/C25H31N5O2S/c1-17-21-16-22(33-24(21)30(28-17)20-10-6-3-7-11-20)23(31)26-19-12-14-29(15-13-19)25(32)27-18-8-4-2-5-9-18/h3,6-7,10-11,16,18-19H,2,4-5,8-9,12-15H2,1H3,(H,26,31)(H,27,32). The number of aromatic nitrogens is 2. The summed E-state index contributed by atoms with van der Waals surface area (Å²) in [7, 11) is 0. The van der Waals surface area contributed by atoms with E-state index in [2.05, 4.69) is 15.7 Å². The van der Waals surface area contributed by atoms with Gasteiger partial charge in [-0.05, 0) is 50.8 Å². The first-order valence-electron chi connectivity index (χ1n) is 12.0. The van der Waals surface area contributed by atoms with E-state index in [0.29, 0.717) is 24.0 Å². The average molecular weight is 466 g/mol. The van der Waals surface area contributed by atoms with E-state index in [1.165, 1.54) is 30.6 Å². The number of hydrogen-bond donors (Lipinski definition) is 2. The predicted octanol–water partition coefficient (Wildman–Crippen LogP) is 4.63. The second kappa shape index (κ2) is 9.55. The lowest BCUT2D eigenvalue weighted by atomic mass is 9.95. The molecule has 8 heteroatoms. The van der Waals surface area contributed by atoms with Crippen molar-refractivity contribution in [1.29, 1.82) is 0 Å². The molecule has 1 aliphatic carbocycles. The Morgan fingerprint density at radius 2 is 1.67 bits per heavy atom. The highest BCUT2D eigenvalue weighted by Gasteiger charge is 2.27. The van der Waals surface area contributed by atoms with Gasteiger partial charge in [-0.1, -0.05) is 37.5 Å². The van der Waals surface area contributed by atoms with Crippen molar-refractivity contribution in [3.8, 4) is 5.69 Å². The van der Waals surface area contributed by atoms with Gasteiger partial charge in [-0.2, -0.15) is 5.10 Å². The van der Waals surface area contributed by atoms with Crippen LogP contribution in [0.3, 0.4) is 0 Å². The molecule has 2 N–H and O–H groups in total. The Labute approximate surface area is 198 Å². The van der Waals surface area contributed by atoms with Crippen LogP contribution in [0.1, 0.15) is 60.3 Å². The molecule has 7 nitrogen and oxygen atoms in total. The third kappa shape index (κ3) is 4.76. The molecule has 174 valence electrons. The van der Waals surface area contributed by atoms with Crippen molar-refractivity contribution in [2.24, 2.45) is 0 Å². The van der Waals surface area contributed by atoms with Crippen molar-refractivity contribution in [1.82, 2.24) is 25.3 Å². The van der Waals surface area contributed by atoms with Gasteiger partial charge in [-0.15, -0.1) is 11.3 Å². The molecule has 0 spiro atoms. The van der Waals surface area contributed by atoms with E-state index in [0.717, 1.165) is 47.3 Å². The third-order valence-electron chi connectivity index (χ3n) is 6.82. The first-order chi connectivity index (χ1) is 16.1. The smallest absolute Gasteiger partial charge is 0.317 e. The zero-order valence-corrected chi connectivity index (χ0v) is 19.9. The Kier molecular flexibility index (Phi) is 6.35. The number of nitrogens with zero attached hydrogens (tertiary/aromatic N) is 3. The number of rotatable bonds is 4. The zero-order chi connectivity index (χ0) is 22.8. The molecule has 3 aromatic rings. The Morgan fingerprint density at radius 1 is 0.970 bits per heavy atom. The number of carbonyl (C=O) groups is 2. The third-order valence-corrected chi connectivity index (χ3v) is 7.93. The van der Waals surface area contributed by atoms with E-state index >= 15 is 0 Å². The van der Waals surface area contributed by atoms with Gasteiger partial charge in [0, 0.05) is 30.6 Å². The Morgan fingerprint density at radius 3 is 2.39 bits per heavy atom. The van der Waals surface area contributed by atoms with Gasteiger partial charge in [0.2, 0.25) is 0 Å². The number of urea groups is 1. The highest BCUT2D eigenvalue weighted by atomic mass is 32.1. The van der Waals surface area contributed by atoms with Crippen molar-refractivity contribution < 1.29 is 9.59 Å². The molecular weight excluding hydrogens is 434 g/mol. The van der Waals surface area contributed by atoms with Crippen LogP contribution >= 0.6 is 11.3 Å². The van der Waals surface area contributed by atoms with Gasteiger partial charge in [0.15, 0.2) is 0 Å². The van der Waals surface area contributed by atoms with Gasteiger partial charge < -0.3 is 15.5 Å². The lowest BCUT2D eigenvalue weighted by molar-refractivity contribution is 0.0921. The van der Waals surface area contributed by atoms with Gasteiger partial charge in [0.05, 0.1) is 16.3 Å².